The Hall–Kier alpha value is -6.20. The average molecular weight is 867 g/mol. The van der Waals surface area contributed by atoms with Gasteiger partial charge in [-0.15, -0.1) is 0 Å². The number of imidazole rings is 2. The molecule has 336 valence electrons. The monoisotopic (exact) mass is 866 g/mol. The molecule has 0 aliphatic carbocycles. The second-order valence-electron chi connectivity index (χ2n) is 16.8. The van der Waals surface area contributed by atoms with Crippen molar-refractivity contribution in [2.75, 3.05) is 41.6 Å². The van der Waals surface area contributed by atoms with E-state index in [0.29, 0.717) is 37.8 Å². The Morgan fingerprint density at radius 3 is 2.37 bits per heavy atom. The zero-order valence-corrected chi connectivity index (χ0v) is 37.4. The van der Waals surface area contributed by atoms with Gasteiger partial charge in [-0.05, 0) is 78.9 Å². The molecule has 63 heavy (non-hydrogen) atoms. The summed E-state index contributed by atoms with van der Waals surface area (Å²) in [6.07, 6.45) is 1.14. The highest BCUT2D eigenvalue weighted by molar-refractivity contribution is 6.07. The number of rotatable bonds is 15. The standard InChI is InChI=1S/C46H58N8O9/c1-10-25(4)53(43(55)39(24(2)3)51-45(57)61-8)21-38-48-34-14-12-28-17-33-31-13-11-29(16-30(31)23-63-37(33)18-32(28)41(34)50-38)35-19-47-42(49-35)36-15-27(22-59-6)20-54(36)44(56)40(26(5)60-7)52-46(58)62-9/h11-14,16-19,24-27,36,39-40H,10,15,20-23H2,1-9H3,(H,47,49)(H,48,50)(H,51,57)(H,52,58)/t25-,26+,27-,36-,39-,40-/m0/s1. The molecule has 2 aromatic heterocycles. The summed E-state index contributed by atoms with van der Waals surface area (Å²) in [6, 6.07) is 12.2. The van der Waals surface area contributed by atoms with Crippen molar-refractivity contribution in [3.63, 3.8) is 0 Å². The Morgan fingerprint density at radius 2 is 1.68 bits per heavy atom. The van der Waals surface area contributed by atoms with Gasteiger partial charge in [-0.3, -0.25) is 9.59 Å². The number of carbonyl (C=O) groups excluding carboxylic acids is 4. The summed E-state index contributed by atoms with van der Waals surface area (Å²) in [5.74, 6) is 1.41. The summed E-state index contributed by atoms with van der Waals surface area (Å²) in [7, 11) is 5.66. The van der Waals surface area contributed by atoms with E-state index in [2.05, 4.69) is 50.9 Å². The lowest BCUT2D eigenvalue weighted by Crippen LogP contribution is -2.54. The van der Waals surface area contributed by atoms with Crippen LogP contribution >= 0.6 is 0 Å². The zero-order valence-electron chi connectivity index (χ0n) is 37.4. The molecule has 1 fully saturated rings. The molecule has 17 nitrogen and oxygen atoms in total. The first kappa shape index (κ1) is 44.8. The van der Waals surface area contributed by atoms with E-state index in [1.807, 2.05) is 39.8 Å². The normalized spacial score (nSPS) is 17.7. The molecule has 0 saturated carbocycles. The van der Waals surface area contributed by atoms with Gasteiger partial charge in [0.1, 0.15) is 36.1 Å². The third-order valence-electron chi connectivity index (χ3n) is 12.4. The molecule has 0 bridgehead atoms. The van der Waals surface area contributed by atoms with Gasteiger partial charge in [0.2, 0.25) is 11.8 Å². The number of carbonyl (C=O) groups is 4. The SMILES string of the molecule is CC[C@H](C)N(Cc1nc2c(ccc3cc4c(cc32)OCc2cc(-c3cnc([C@@H]5C[C@H](COC)CN5C(=O)[C@@H](NC(=O)OC)[C@@H](C)OC)[nH]3)ccc2-4)[nH]1)C(=O)[C@@H](NC(=O)OC)C(C)C. The van der Waals surface area contributed by atoms with Crippen LogP contribution < -0.4 is 15.4 Å². The number of hydrogen-bond acceptors (Lipinski definition) is 11. The molecular weight excluding hydrogens is 809 g/mol. The summed E-state index contributed by atoms with van der Waals surface area (Å²) >= 11 is 0. The van der Waals surface area contributed by atoms with Crippen molar-refractivity contribution in [3.05, 3.63) is 65.9 Å². The predicted molar refractivity (Wildman–Crippen MR) is 236 cm³/mol. The van der Waals surface area contributed by atoms with Crippen LogP contribution in [-0.2, 0) is 41.7 Å². The molecular formula is C46H58N8O9. The van der Waals surface area contributed by atoms with Crippen LogP contribution in [0.1, 0.15) is 70.7 Å². The molecule has 0 spiro atoms. The van der Waals surface area contributed by atoms with Crippen LogP contribution in [-0.4, -0.2) is 120 Å². The predicted octanol–water partition coefficient (Wildman–Crippen LogP) is 6.47. The fourth-order valence-corrected chi connectivity index (χ4v) is 8.61. The van der Waals surface area contributed by atoms with E-state index in [1.54, 1.807) is 30.0 Å². The first-order chi connectivity index (χ1) is 30.3. The van der Waals surface area contributed by atoms with Gasteiger partial charge in [0.25, 0.3) is 0 Å². The minimum atomic E-state index is -0.964. The van der Waals surface area contributed by atoms with Crippen LogP contribution in [0, 0.1) is 11.8 Å². The number of fused-ring (bicyclic) bond motifs is 6. The summed E-state index contributed by atoms with van der Waals surface area (Å²) in [6.45, 7) is 11.0. The van der Waals surface area contributed by atoms with Gasteiger partial charge in [-0.25, -0.2) is 19.6 Å². The number of nitrogens with one attached hydrogen (secondary N) is 4. The molecule has 2 aliphatic heterocycles. The fourth-order valence-electron chi connectivity index (χ4n) is 8.61. The number of aromatic nitrogens is 4. The largest absolute Gasteiger partial charge is 0.488 e. The van der Waals surface area contributed by atoms with Crippen LogP contribution in [0.2, 0.25) is 0 Å². The average Bonchev–Trinajstić information content (AvgIpc) is 4.06. The van der Waals surface area contributed by atoms with Gasteiger partial charge in [0, 0.05) is 43.7 Å². The second kappa shape index (κ2) is 19.0. The van der Waals surface area contributed by atoms with Gasteiger partial charge in [0.05, 0.1) is 62.4 Å². The number of alkyl carbamates (subject to hydrolysis) is 2. The van der Waals surface area contributed by atoms with Crippen molar-refractivity contribution in [3.8, 4) is 28.1 Å². The van der Waals surface area contributed by atoms with E-state index in [-0.39, 0.29) is 42.3 Å². The van der Waals surface area contributed by atoms with Crippen LogP contribution in [0.3, 0.4) is 0 Å². The van der Waals surface area contributed by atoms with Crippen LogP contribution in [0.4, 0.5) is 9.59 Å². The molecule has 5 aromatic rings. The number of likely N-dealkylation sites (tertiary alicyclic amines) is 1. The summed E-state index contributed by atoms with van der Waals surface area (Å²) in [5.41, 5.74) is 6.35. The van der Waals surface area contributed by atoms with Gasteiger partial charge in [-0.1, -0.05) is 39.0 Å². The zero-order chi connectivity index (χ0) is 45.1. The Morgan fingerprint density at radius 1 is 0.937 bits per heavy atom. The summed E-state index contributed by atoms with van der Waals surface area (Å²) in [4.78, 5) is 72.5. The first-order valence-electron chi connectivity index (χ1n) is 21.4. The van der Waals surface area contributed by atoms with E-state index in [9.17, 15) is 19.2 Å². The Kier molecular flexibility index (Phi) is 13.6. The molecule has 1 saturated heterocycles. The maximum atomic E-state index is 14.0. The van der Waals surface area contributed by atoms with Crippen molar-refractivity contribution in [2.45, 2.75) is 90.9 Å². The van der Waals surface area contributed by atoms with E-state index in [1.165, 1.54) is 21.3 Å². The lowest BCUT2D eigenvalue weighted by molar-refractivity contribution is -0.138. The van der Waals surface area contributed by atoms with Gasteiger partial charge >= 0.3 is 12.2 Å². The van der Waals surface area contributed by atoms with Gasteiger partial charge < -0.3 is 54.1 Å². The number of benzene rings is 3. The number of H-pyrrole nitrogens is 2. The molecule has 4 heterocycles. The molecule has 0 unspecified atom stereocenters. The van der Waals surface area contributed by atoms with E-state index >= 15 is 0 Å². The maximum Gasteiger partial charge on any atom is 0.407 e. The molecule has 4 amide bonds. The Bertz CT molecular complexity index is 2480. The molecule has 3 aromatic carbocycles. The minimum Gasteiger partial charge on any atom is -0.488 e. The van der Waals surface area contributed by atoms with Crippen LogP contribution in [0.5, 0.6) is 5.75 Å². The van der Waals surface area contributed by atoms with E-state index in [4.69, 9.17) is 33.7 Å². The lowest BCUT2D eigenvalue weighted by atomic mass is 9.92. The van der Waals surface area contributed by atoms with Crippen LogP contribution in [0.25, 0.3) is 44.2 Å². The molecule has 4 N–H and O–H groups in total. The highest BCUT2D eigenvalue weighted by Crippen LogP contribution is 2.43. The van der Waals surface area contributed by atoms with Crippen molar-refractivity contribution < 1.29 is 42.9 Å². The summed E-state index contributed by atoms with van der Waals surface area (Å²) < 4.78 is 27.0. The molecule has 17 heteroatoms. The van der Waals surface area contributed by atoms with Crippen molar-refractivity contribution in [1.82, 2.24) is 40.4 Å². The van der Waals surface area contributed by atoms with Gasteiger partial charge in [-0.2, -0.15) is 0 Å². The number of amides is 4. The maximum absolute atomic E-state index is 14.0. The van der Waals surface area contributed by atoms with Gasteiger partial charge in [0.15, 0.2) is 0 Å². The first-order valence-corrected chi connectivity index (χ1v) is 21.4. The Balaban J connectivity index is 1.14. The molecule has 6 atom stereocenters. The topological polar surface area (TPSA) is 202 Å². The fraction of sp³-hybridized carbons (Fsp3) is 0.478. The smallest absolute Gasteiger partial charge is 0.407 e. The van der Waals surface area contributed by atoms with Crippen molar-refractivity contribution in [2.24, 2.45) is 11.8 Å². The van der Waals surface area contributed by atoms with Crippen molar-refractivity contribution in [1.29, 1.82) is 0 Å². The number of hydrogen-bond donors (Lipinski definition) is 4. The minimum absolute atomic E-state index is 0.0637. The quantitative estimate of drug-likeness (QED) is 0.0899. The molecule has 0 radical (unpaired) electrons. The Labute approximate surface area is 366 Å². The van der Waals surface area contributed by atoms with Crippen LogP contribution in [0.15, 0.2) is 48.7 Å². The molecule has 7 rings (SSSR count). The highest BCUT2D eigenvalue weighted by Gasteiger charge is 2.42. The molecule has 2 aliphatic rings. The third-order valence-corrected chi connectivity index (χ3v) is 12.4. The number of ether oxygens (including phenoxy) is 5. The second-order valence-corrected chi connectivity index (χ2v) is 16.8. The lowest BCUT2D eigenvalue weighted by Gasteiger charge is -2.33. The van der Waals surface area contributed by atoms with E-state index in [0.717, 1.165) is 61.9 Å². The number of nitrogens with zero attached hydrogens (tertiary/aromatic N) is 4. The van der Waals surface area contributed by atoms with E-state index < -0.39 is 30.4 Å². The van der Waals surface area contributed by atoms with Crippen molar-refractivity contribution >= 4 is 45.8 Å². The summed E-state index contributed by atoms with van der Waals surface area (Å²) in [5, 5.41) is 7.26. The highest BCUT2D eigenvalue weighted by atomic mass is 16.5. The third kappa shape index (κ3) is 9.16. The number of methoxy groups -OCH3 is 4. The number of aromatic amines is 2.